The molecule has 0 bridgehead atoms. The van der Waals surface area contributed by atoms with Gasteiger partial charge in [-0.2, -0.15) is 0 Å². The van der Waals surface area contributed by atoms with Crippen molar-refractivity contribution in [1.29, 1.82) is 0 Å². The summed E-state index contributed by atoms with van der Waals surface area (Å²) in [7, 11) is 1.57. The number of isocyanates is 1. The summed E-state index contributed by atoms with van der Waals surface area (Å²) in [5.74, 6) is 1.90. The molecule has 1 aliphatic carbocycles. The maximum Gasteiger partial charge on any atom is 0.235 e. The Labute approximate surface area is 111 Å². The number of methoxy groups -OCH3 is 1. The molecule has 0 atom stereocenters. The predicted octanol–water partition coefficient (Wildman–Crippen LogP) is 2.97. The van der Waals surface area contributed by atoms with Gasteiger partial charge in [0.05, 0.1) is 20.3 Å². The lowest BCUT2D eigenvalue weighted by atomic mass is 10.2. The molecule has 0 aromatic heterocycles. The van der Waals surface area contributed by atoms with Gasteiger partial charge in [-0.25, -0.2) is 9.79 Å². The van der Waals surface area contributed by atoms with Crippen molar-refractivity contribution < 1.29 is 14.3 Å². The summed E-state index contributed by atoms with van der Waals surface area (Å²) < 4.78 is 10.9. The maximum absolute atomic E-state index is 10.1. The lowest BCUT2D eigenvalue weighted by Gasteiger charge is -2.12. The highest BCUT2D eigenvalue weighted by atomic mass is 35.5. The summed E-state index contributed by atoms with van der Waals surface area (Å²) in [6.45, 7) is 0.889. The number of carbonyl (C=O) groups excluding carboxylic acids is 1. The molecule has 18 heavy (non-hydrogen) atoms. The molecule has 96 valence electrons. The standard InChI is InChI=1S/C13H14ClNO3/c1-17-12-4-10(6-15-8-16)11(14)5-13(12)18-7-9-2-3-9/h4-5,9H,2-3,6-7H2,1H3. The molecule has 2 rings (SSSR count). The zero-order chi connectivity index (χ0) is 13.0. The third kappa shape index (κ3) is 3.25. The molecule has 0 N–H and O–H groups in total. The van der Waals surface area contributed by atoms with Gasteiger partial charge in [-0.3, -0.25) is 0 Å². The summed E-state index contributed by atoms with van der Waals surface area (Å²) in [5.41, 5.74) is 0.718. The fourth-order valence-corrected chi connectivity index (χ4v) is 1.79. The van der Waals surface area contributed by atoms with Crippen molar-refractivity contribution in [2.24, 2.45) is 10.9 Å². The number of hydrogen-bond acceptors (Lipinski definition) is 4. The zero-order valence-electron chi connectivity index (χ0n) is 10.1. The molecule has 1 aromatic rings. The van der Waals surface area contributed by atoms with Crippen LogP contribution in [0.3, 0.4) is 0 Å². The topological polar surface area (TPSA) is 47.9 Å². The first-order valence-corrected chi connectivity index (χ1v) is 6.15. The van der Waals surface area contributed by atoms with E-state index >= 15 is 0 Å². The summed E-state index contributed by atoms with van der Waals surface area (Å²) in [6, 6.07) is 3.45. The Balaban J connectivity index is 2.17. The van der Waals surface area contributed by atoms with Crippen molar-refractivity contribution in [3.63, 3.8) is 0 Å². The molecular weight excluding hydrogens is 254 g/mol. The Kier molecular flexibility index (Phi) is 4.24. The molecular formula is C13H14ClNO3. The molecule has 1 aromatic carbocycles. The van der Waals surface area contributed by atoms with Crippen molar-refractivity contribution in [1.82, 2.24) is 0 Å². The highest BCUT2D eigenvalue weighted by molar-refractivity contribution is 6.31. The molecule has 0 heterocycles. The fourth-order valence-electron chi connectivity index (χ4n) is 1.58. The van der Waals surface area contributed by atoms with Crippen molar-refractivity contribution in [3.8, 4) is 11.5 Å². The molecule has 0 aliphatic heterocycles. The van der Waals surface area contributed by atoms with Gasteiger partial charge in [0, 0.05) is 11.1 Å². The van der Waals surface area contributed by atoms with E-state index in [1.165, 1.54) is 18.9 Å². The summed E-state index contributed by atoms with van der Waals surface area (Å²) >= 11 is 6.10. The van der Waals surface area contributed by atoms with Gasteiger partial charge in [0.1, 0.15) is 0 Å². The number of rotatable bonds is 6. The van der Waals surface area contributed by atoms with Crippen molar-refractivity contribution in [2.45, 2.75) is 19.4 Å². The van der Waals surface area contributed by atoms with E-state index < -0.39 is 0 Å². The third-order valence-corrected chi connectivity index (χ3v) is 3.17. The van der Waals surface area contributed by atoms with Crippen LogP contribution in [0.25, 0.3) is 0 Å². The number of nitrogens with zero attached hydrogens (tertiary/aromatic N) is 1. The van der Waals surface area contributed by atoms with Crippen LogP contribution in [0.2, 0.25) is 5.02 Å². The fraction of sp³-hybridized carbons (Fsp3) is 0.462. The highest BCUT2D eigenvalue weighted by Gasteiger charge is 2.22. The van der Waals surface area contributed by atoms with Gasteiger partial charge in [-0.1, -0.05) is 11.6 Å². The first kappa shape index (κ1) is 12.9. The van der Waals surface area contributed by atoms with E-state index in [4.69, 9.17) is 21.1 Å². The Morgan fingerprint density at radius 1 is 1.44 bits per heavy atom. The van der Waals surface area contributed by atoms with Crippen molar-refractivity contribution >= 4 is 17.7 Å². The highest BCUT2D eigenvalue weighted by Crippen LogP contribution is 2.36. The van der Waals surface area contributed by atoms with Crippen LogP contribution in [0.5, 0.6) is 11.5 Å². The van der Waals surface area contributed by atoms with Gasteiger partial charge >= 0.3 is 0 Å². The quantitative estimate of drug-likeness (QED) is 0.588. The molecule has 0 saturated heterocycles. The maximum atomic E-state index is 10.1. The number of benzene rings is 1. The summed E-state index contributed by atoms with van der Waals surface area (Å²) in [5, 5.41) is 0.514. The van der Waals surface area contributed by atoms with Gasteiger partial charge in [-0.15, -0.1) is 0 Å². The molecule has 1 fully saturated rings. The lowest BCUT2D eigenvalue weighted by Crippen LogP contribution is -2.01. The van der Waals surface area contributed by atoms with E-state index in [1.54, 1.807) is 19.2 Å². The molecule has 1 aliphatic rings. The lowest BCUT2D eigenvalue weighted by molar-refractivity contribution is 0.280. The second-order valence-electron chi connectivity index (χ2n) is 4.26. The third-order valence-electron chi connectivity index (χ3n) is 2.82. The Morgan fingerprint density at radius 2 is 2.22 bits per heavy atom. The SMILES string of the molecule is COc1cc(CN=C=O)c(Cl)cc1OCC1CC1. The minimum atomic E-state index is 0.196. The minimum Gasteiger partial charge on any atom is -0.493 e. The molecule has 0 spiro atoms. The van der Waals surface area contributed by atoms with Gasteiger partial charge < -0.3 is 9.47 Å². The van der Waals surface area contributed by atoms with Gasteiger partial charge in [0.2, 0.25) is 6.08 Å². The van der Waals surface area contributed by atoms with E-state index in [0.717, 1.165) is 5.56 Å². The molecule has 0 radical (unpaired) electrons. The van der Waals surface area contributed by atoms with Crippen molar-refractivity contribution in [3.05, 3.63) is 22.7 Å². The second kappa shape index (κ2) is 5.89. The Hall–Kier alpha value is -1.51. The normalized spacial score (nSPS) is 13.9. The predicted molar refractivity (Wildman–Crippen MR) is 68.0 cm³/mol. The molecule has 0 amide bonds. The van der Waals surface area contributed by atoms with E-state index in [0.29, 0.717) is 29.0 Å². The molecule has 1 saturated carbocycles. The van der Waals surface area contributed by atoms with Crippen LogP contribution in [0.1, 0.15) is 18.4 Å². The van der Waals surface area contributed by atoms with Crippen LogP contribution in [-0.4, -0.2) is 19.8 Å². The van der Waals surface area contributed by atoms with Gasteiger partial charge in [0.15, 0.2) is 11.5 Å². The largest absolute Gasteiger partial charge is 0.493 e. The van der Waals surface area contributed by atoms with E-state index in [-0.39, 0.29) is 6.54 Å². The van der Waals surface area contributed by atoms with Crippen LogP contribution in [0.15, 0.2) is 17.1 Å². The van der Waals surface area contributed by atoms with Crippen LogP contribution in [-0.2, 0) is 11.3 Å². The van der Waals surface area contributed by atoms with E-state index in [1.807, 2.05) is 0 Å². The van der Waals surface area contributed by atoms with Gasteiger partial charge in [0.25, 0.3) is 0 Å². The average molecular weight is 268 g/mol. The minimum absolute atomic E-state index is 0.196. The number of halogens is 1. The number of aliphatic imine (C=N–C) groups is 1. The van der Waals surface area contributed by atoms with Crippen LogP contribution < -0.4 is 9.47 Å². The second-order valence-corrected chi connectivity index (χ2v) is 4.66. The van der Waals surface area contributed by atoms with E-state index in [2.05, 4.69) is 4.99 Å². The Bertz CT molecular complexity index is 479. The smallest absolute Gasteiger partial charge is 0.235 e. The van der Waals surface area contributed by atoms with Crippen LogP contribution in [0.4, 0.5) is 0 Å². The van der Waals surface area contributed by atoms with E-state index in [9.17, 15) is 4.79 Å². The number of ether oxygens (including phenoxy) is 2. The molecule has 0 unspecified atom stereocenters. The Morgan fingerprint density at radius 3 is 2.83 bits per heavy atom. The zero-order valence-corrected chi connectivity index (χ0v) is 10.9. The summed E-state index contributed by atoms with van der Waals surface area (Å²) in [6.07, 6.45) is 3.94. The summed E-state index contributed by atoms with van der Waals surface area (Å²) in [4.78, 5) is 13.6. The van der Waals surface area contributed by atoms with Crippen molar-refractivity contribution in [2.75, 3.05) is 13.7 Å². The average Bonchev–Trinajstić information content (AvgIpc) is 3.19. The van der Waals surface area contributed by atoms with Crippen LogP contribution >= 0.6 is 11.6 Å². The molecule has 5 heteroatoms. The first-order chi connectivity index (χ1) is 8.74. The van der Waals surface area contributed by atoms with Crippen LogP contribution in [0, 0.1) is 5.92 Å². The monoisotopic (exact) mass is 267 g/mol. The first-order valence-electron chi connectivity index (χ1n) is 5.77. The molecule has 4 nitrogen and oxygen atoms in total. The van der Waals surface area contributed by atoms with Gasteiger partial charge in [-0.05, 0) is 30.4 Å². The number of hydrogen-bond donors (Lipinski definition) is 0.